The summed E-state index contributed by atoms with van der Waals surface area (Å²) in [5.74, 6) is -0.129. The summed E-state index contributed by atoms with van der Waals surface area (Å²) in [6, 6.07) is 3.95. The molecule has 0 aliphatic carbocycles. The van der Waals surface area contributed by atoms with Gasteiger partial charge >= 0.3 is 6.01 Å². The molecule has 17 heavy (non-hydrogen) atoms. The Balaban J connectivity index is 2.19. The number of ether oxygens (including phenoxy) is 1. The topological polar surface area (TPSA) is 61.0 Å². The lowest BCUT2D eigenvalue weighted by Crippen LogP contribution is -1.99. The van der Waals surface area contributed by atoms with Crippen molar-refractivity contribution in [1.29, 1.82) is 0 Å². The van der Waals surface area contributed by atoms with Gasteiger partial charge in [0.2, 0.25) is 0 Å². The fraction of sp³-hybridized carbons (Fsp3) is 0.0909. The van der Waals surface area contributed by atoms with Crippen molar-refractivity contribution in [3.8, 4) is 11.8 Å². The molecule has 1 aromatic heterocycles. The third kappa shape index (κ3) is 2.89. The van der Waals surface area contributed by atoms with Gasteiger partial charge in [-0.3, -0.25) is 0 Å². The van der Waals surface area contributed by atoms with E-state index in [1.165, 1.54) is 12.1 Å². The second-order valence-electron chi connectivity index (χ2n) is 3.25. The van der Waals surface area contributed by atoms with Crippen LogP contribution in [0.1, 0.15) is 5.56 Å². The molecule has 0 aliphatic heterocycles. The molecular weight excluding hydrogens is 245 g/mol. The summed E-state index contributed by atoms with van der Waals surface area (Å²) < 4.78 is 18.1. The summed E-state index contributed by atoms with van der Waals surface area (Å²) in [6.07, 6.45) is 3.11. The number of rotatable bonds is 3. The fourth-order valence-electron chi connectivity index (χ4n) is 1.16. The highest BCUT2D eigenvalue weighted by Crippen LogP contribution is 2.27. The SMILES string of the molecule is NCc1cnc(Oc2ccc(F)cc2Cl)nc1. The molecule has 88 valence electrons. The van der Waals surface area contributed by atoms with E-state index in [0.29, 0.717) is 12.3 Å². The summed E-state index contributed by atoms with van der Waals surface area (Å²) in [5.41, 5.74) is 6.20. The van der Waals surface area contributed by atoms with Gasteiger partial charge in [-0.1, -0.05) is 11.6 Å². The number of hydrogen-bond acceptors (Lipinski definition) is 4. The standard InChI is InChI=1S/C11H9ClFN3O/c12-9-3-8(13)1-2-10(9)17-11-15-5-7(4-14)6-16-11/h1-3,5-6H,4,14H2. The minimum atomic E-state index is -0.429. The van der Waals surface area contributed by atoms with Gasteiger partial charge in [0.15, 0.2) is 0 Å². The van der Waals surface area contributed by atoms with Crippen molar-refractivity contribution >= 4 is 11.6 Å². The molecular formula is C11H9ClFN3O. The zero-order valence-corrected chi connectivity index (χ0v) is 9.49. The molecule has 0 fully saturated rings. The fourth-order valence-corrected chi connectivity index (χ4v) is 1.36. The van der Waals surface area contributed by atoms with Crippen LogP contribution in [-0.4, -0.2) is 9.97 Å². The predicted molar refractivity (Wildman–Crippen MR) is 61.4 cm³/mol. The third-order valence-corrected chi connectivity index (χ3v) is 2.31. The molecule has 0 amide bonds. The zero-order valence-electron chi connectivity index (χ0n) is 8.73. The Morgan fingerprint density at radius 3 is 2.59 bits per heavy atom. The normalized spacial score (nSPS) is 10.3. The highest BCUT2D eigenvalue weighted by atomic mass is 35.5. The van der Waals surface area contributed by atoms with Crippen LogP contribution in [0.2, 0.25) is 5.02 Å². The van der Waals surface area contributed by atoms with Gasteiger partial charge in [0.25, 0.3) is 0 Å². The quantitative estimate of drug-likeness (QED) is 0.913. The summed E-state index contributed by atoms with van der Waals surface area (Å²) in [6.45, 7) is 0.359. The number of hydrogen-bond donors (Lipinski definition) is 1. The minimum absolute atomic E-state index is 0.135. The van der Waals surface area contributed by atoms with Gasteiger partial charge in [-0.15, -0.1) is 0 Å². The van der Waals surface area contributed by atoms with Crippen molar-refractivity contribution in [2.45, 2.75) is 6.54 Å². The third-order valence-electron chi connectivity index (χ3n) is 2.01. The first kappa shape index (κ1) is 11.8. The Labute approximate surface area is 102 Å². The average molecular weight is 254 g/mol. The van der Waals surface area contributed by atoms with E-state index in [2.05, 4.69) is 9.97 Å². The maximum atomic E-state index is 12.8. The molecule has 2 rings (SSSR count). The van der Waals surface area contributed by atoms with E-state index < -0.39 is 5.82 Å². The van der Waals surface area contributed by atoms with Crippen LogP contribution in [0.25, 0.3) is 0 Å². The zero-order chi connectivity index (χ0) is 12.3. The lowest BCUT2D eigenvalue weighted by atomic mass is 10.3. The molecule has 0 saturated heterocycles. The van der Waals surface area contributed by atoms with Crippen LogP contribution in [0.15, 0.2) is 30.6 Å². The van der Waals surface area contributed by atoms with Gasteiger partial charge in [0.1, 0.15) is 11.6 Å². The molecule has 0 spiro atoms. The molecule has 6 heteroatoms. The molecule has 2 aromatic rings. The summed E-state index contributed by atoms with van der Waals surface area (Å²) >= 11 is 5.80. The first-order chi connectivity index (χ1) is 8.19. The van der Waals surface area contributed by atoms with Crippen molar-refractivity contribution in [2.24, 2.45) is 5.73 Å². The molecule has 0 bridgehead atoms. The largest absolute Gasteiger partial charge is 0.423 e. The Bertz CT molecular complexity index is 519. The van der Waals surface area contributed by atoms with Gasteiger partial charge in [0, 0.05) is 24.5 Å². The highest BCUT2D eigenvalue weighted by Gasteiger charge is 2.06. The molecule has 0 radical (unpaired) electrons. The number of nitrogens with two attached hydrogens (primary N) is 1. The van der Waals surface area contributed by atoms with Gasteiger partial charge in [0.05, 0.1) is 5.02 Å². The van der Waals surface area contributed by atoms with Crippen molar-refractivity contribution in [1.82, 2.24) is 9.97 Å². The number of nitrogens with zero attached hydrogens (tertiary/aromatic N) is 2. The first-order valence-corrected chi connectivity index (χ1v) is 5.20. The van der Waals surface area contributed by atoms with Crippen molar-refractivity contribution in [3.05, 3.63) is 47.0 Å². The molecule has 4 nitrogen and oxygen atoms in total. The van der Waals surface area contributed by atoms with Gasteiger partial charge in [-0.05, 0) is 18.2 Å². The van der Waals surface area contributed by atoms with Crippen LogP contribution in [-0.2, 0) is 6.54 Å². The van der Waals surface area contributed by atoms with Crippen molar-refractivity contribution in [3.63, 3.8) is 0 Å². The monoisotopic (exact) mass is 253 g/mol. The second-order valence-corrected chi connectivity index (χ2v) is 3.66. The highest BCUT2D eigenvalue weighted by molar-refractivity contribution is 6.32. The van der Waals surface area contributed by atoms with Gasteiger partial charge in [-0.2, -0.15) is 0 Å². The smallest absolute Gasteiger partial charge is 0.321 e. The molecule has 0 saturated carbocycles. The Hall–Kier alpha value is -1.72. The molecule has 1 heterocycles. The van der Waals surface area contributed by atoms with E-state index in [9.17, 15) is 4.39 Å². The van der Waals surface area contributed by atoms with Crippen LogP contribution in [0.3, 0.4) is 0 Å². The van der Waals surface area contributed by atoms with Crippen LogP contribution in [0, 0.1) is 5.82 Å². The van der Waals surface area contributed by atoms with E-state index >= 15 is 0 Å². The maximum absolute atomic E-state index is 12.8. The number of aromatic nitrogens is 2. The van der Waals surface area contributed by atoms with Crippen LogP contribution in [0.5, 0.6) is 11.8 Å². The Kier molecular flexibility index (Phi) is 3.51. The molecule has 2 N–H and O–H groups in total. The van der Waals surface area contributed by atoms with Crippen LogP contribution >= 0.6 is 11.6 Å². The number of halogens is 2. The average Bonchev–Trinajstić information content (AvgIpc) is 2.34. The lowest BCUT2D eigenvalue weighted by molar-refractivity contribution is 0.440. The van der Waals surface area contributed by atoms with E-state index in [-0.39, 0.29) is 11.0 Å². The summed E-state index contributed by atoms with van der Waals surface area (Å²) in [5, 5.41) is 0.163. The van der Waals surface area contributed by atoms with Crippen LogP contribution in [0.4, 0.5) is 4.39 Å². The molecule has 0 atom stereocenters. The van der Waals surface area contributed by atoms with Crippen molar-refractivity contribution < 1.29 is 9.13 Å². The van der Waals surface area contributed by atoms with Crippen molar-refractivity contribution in [2.75, 3.05) is 0 Å². The van der Waals surface area contributed by atoms with Gasteiger partial charge < -0.3 is 10.5 Å². The molecule has 0 aliphatic rings. The maximum Gasteiger partial charge on any atom is 0.321 e. The minimum Gasteiger partial charge on any atom is -0.423 e. The van der Waals surface area contributed by atoms with Crippen LogP contribution < -0.4 is 10.5 Å². The Morgan fingerprint density at radius 2 is 2.00 bits per heavy atom. The molecule has 0 unspecified atom stereocenters. The first-order valence-electron chi connectivity index (χ1n) is 4.83. The summed E-state index contributed by atoms with van der Waals surface area (Å²) in [4.78, 5) is 7.89. The van der Waals surface area contributed by atoms with E-state index in [0.717, 1.165) is 11.6 Å². The Morgan fingerprint density at radius 1 is 1.29 bits per heavy atom. The predicted octanol–water partition coefficient (Wildman–Crippen LogP) is 2.52. The molecule has 1 aromatic carbocycles. The van der Waals surface area contributed by atoms with E-state index in [1.807, 2.05) is 0 Å². The summed E-state index contributed by atoms with van der Waals surface area (Å²) in [7, 11) is 0. The number of benzene rings is 1. The second kappa shape index (κ2) is 5.07. The van der Waals surface area contributed by atoms with Gasteiger partial charge in [-0.25, -0.2) is 14.4 Å². The lowest BCUT2D eigenvalue weighted by Gasteiger charge is -2.05. The van der Waals surface area contributed by atoms with E-state index in [1.54, 1.807) is 12.4 Å². The van der Waals surface area contributed by atoms with E-state index in [4.69, 9.17) is 22.1 Å².